The SMILES string of the molecule is CCCNCc1cccc(CN2CCCCCC2)c1. The maximum absolute atomic E-state index is 3.48. The second-order valence-corrected chi connectivity index (χ2v) is 5.69. The number of benzene rings is 1. The fourth-order valence-corrected chi connectivity index (χ4v) is 2.80. The average molecular weight is 260 g/mol. The Hall–Kier alpha value is -0.860. The number of nitrogens with zero attached hydrogens (tertiary/aromatic N) is 1. The maximum atomic E-state index is 3.48. The molecule has 0 bridgehead atoms. The maximum Gasteiger partial charge on any atom is 0.0233 e. The van der Waals surface area contributed by atoms with E-state index in [9.17, 15) is 0 Å². The first-order valence-corrected chi connectivity index (χ1v) is 7.89. The molecule has 0 atom stereocenters. The second kappa shape index (κ2) is 8.34. The van der Waals surface area contributed by atoms with Gasteiger partial charge in [-0.2, -0.15) is 0 Å². The highest BCUT2D eigenvalue weighted by molar-refractivity contribution is 5.23. The summed E-state index contributed by atoms with van der Waals surface area (Å²) in [4.78, 5) is 2.62. The van der Waals surface area contributed by atoms with Crippen LogP contribution >= 0.6 is 0 Å². The van der Waals surface area contributed by atoms with Gasteiger partial charge in [0.2, 0.25) is 0 Å². The van der Waals surface area contributed by atoms with E-state index in [4.69, 9.17) is 0 Å². The summed E-state index contributed by atoms with van der Waals surface area (Å²) in [6, 6.07) is 9.08. The Morgan fingerprint density at radius 1 is 1.05 bits per heavy atom. The van der Waals surface area contributed by atoms with Crippen LogP contribution in [0.4, 0.5) is 0 Å². The molecular formula is C17H28N2. The normalized spacial score (nSPS) is 17.3. The van der Waals surface area contributed by atoms with Gasteiger partial charge in [-0.05, 0) is 50.0 Å². The molecule has 19 heavy (non-hydrogen) atoms. The number of hydrogen-bond acceptors (Lipinski definition) is 2. The van der Waals surface area contributed by atoms with Gasteiger partial charge < -0.3 is 5.32 Å². The van der Waals surface area contributed by atoms with Crippen LogP contribution in [0.15, 0.2) is 24.3 Å². The zero-order valence-electron chi connectivity index (χ0n) is 12.3. The van der Waals surface area contributed by atoms with Gasteiger partial charge in [0.15, 0.2) is 0 Å². The molecule has 2 rings (SSSR count). The molecule has 1 aliphatic heterocycles. The summed E-state index contributed by atoms with van der Waals surface area (Å²) in [5, 5.41) is 3.48. The lowest BCUT2D eigenvalue weighted by Gasteiger charge is -2.20. The van der Waals surface area contributed by atoms with Crippen LogP contribution in [-0.4, -0.2) is 24.5 Å². The molecule has 0 aromatic heterocycles. The van der Waals surface area contributed by atoms with Crippen LogP contribution in [-0.2, 0) is 13.1 Å². The van der Waals surface area contributed by atoms with Gasteiger partial charge in [0.25, 0.3) is 0 Å². The number of likely N-dealkylation sites (tertiary alicyclic amines) is 1. The molecule has 1 fully saturated rings. The molecule has 1 N–H and O–H groups in total. The van der Waals surface area contributed by atoms with Crippen molar-refractivity contribution in [2.45, 2.75) is 52.1 Å². The summed E-state index contributed by atoms with van der Waals surface area (Å²) in [7, 11) is 0. The third kappa shape index (κ3) is 5.33. The topological polar surface area (TPSA) is 15.3 Å². The Kier molecular flexibility index (Phi) is 6.38. The van der Waals surface area contributed by atoms with Crippen LogP contribution in [0.2, 0.25) is 0 Å². The first kappa shape index (κ1) is 14.5. The quantitative estimate of drug-likeness (QED) is 0.787. The minimum Gasteiger partial charge on any atom is -0.313 e. The molecule has 0 unspecified atom stereocenters. The molecule has 0 spiro atoms. The van der Waals surface area contributed by atoms with E-state index in [-0.39, 0.29) is 0 Å². The third-order valence-electron chi connectivity index (χ3n) is 3.85. The summed E-state index contributed by atoms with van der Waals surface area (Å²) in [5.41, 5.74) is 2.89. The van der Waals surface area contributed by atoms with Gasteiger partial charge in [0, 0.05) is 13.1 Å². The summed E-state index contributed by atoms with van der Waals surface area (Å²) in [6.07, 6.45) is 6.78. The first-order valence-electron chi connectivity index (χ1n) is 7.89. The third-order valence-corrected chi connectivity index (χ3v) is 3.85. The highest BCUT2D eigenvalue weighted by Gasteiger charge is 2.09. The summed E-state index contributed by atoms with van der Waals surface area (Å²) >= 11 is 0. The fraction of sp³-hybridized carbons (Fsp3) is 0.647. The van der Waals surface area contributed by atoms with Gasteiger partial charge in [-0.3, -0.25) is 4.90 Å². The van der Waals surface area contributed by atoms with Crippen LogP contribution in [0.3, 0.4) is 0 Å². The van der Waals surface area contributed by atoms with E-state index in [2.05, 4.69) is 41.4 Å². The van der Waals surface area contributed by atoms with Crippen LogP contribution < -0.4 is 5.32 Å². The molecule has 0 radical (unpaired) electrons. The monoisotopic (exact) mass is 260 g/mol. The molecule has 2 nitrogen and oxygen atoms in total. The van der Waals surface area contributed by atoms with E-state index in [1.54, 1.807) is 0 Å². The van der Waals surface area contributed by atoms with Gasteiger partial charge in [0.05, 0.1) is 0 Å². The van der Waals surface area contributed by atoms with Crippen molar-refractivity contribution in [3.63, 3.8) is 0 Å². The minimum absolute atomic E-state index is 1.00. The molecule has 2 heteroatoms. The molecule has 1 heterocycles. The lowest BCUT2D eigenvalue weighted by molar-refractivity contribution is 0.277. The Morgan fingerprint density at radius 3 is 2.53 bits per heavy atom. The predicted molar refractivity (Wildman–Crippen MR) is 82.2 cm³/mol. The van der Waals surface area contributed by atoms with Gasteiger partial charge in [0.1, 0.15) is 0 Å². The molecule has 0 aliphatic carbocycles. The Labute approximate surface area is 118 Å². The minimum atomic E-state index is 1.00. The molecule has 1 aromatic rings. The van der Waals surface area contributed by atoms with Crippen LogP contribution in [0, 0.1) is 0 Å². The second-order valence-electron chi connectivity index (χ2n) is 5.69. The Balaban J connectivity index is 1.86. The van der Waals surface area contributed by atoms with Crippen molar-refractivity contribution in [1.82, 2.24) is 10.2 Å². The zero-order valence-corrected chi connectivity index (χ0v) is 12.3. The Morgan fingerprint density at radius 2 is 1.79 bits per heavy atom. The van der Waals surface area contributed by atoms with Crippen molar-refractivity contribution in [2.75, 3.05) is 19.6 Å². The van der Waals surface area contributed by atoms with Crippen molar-refractivity contribution in [2.24, 2.45) is 0 Å². The number of rotatable bonds is 6. The smallest absolute Gasteiger partial charge is 0.0233 e. The molecule has 1 saturated heterocycles. The largest absolute Gasteiger partial charge is 0.313 e. The van der Waals surface area contributed by atoms with E-state index in [0.29, 0.717) is 0 Å². The fourth-order valence-electron chi connectivity index (χ4n) is 2.80. The highest BCUT2D eigenvalue weighted by Crippen LogP contribution is 2.14. The molecular weight excluding hydrogens is 232 g/mol. The average Bonchev–Trinajstić information content (AvgIpc) is 2.68. The highest BCUT2D eigenvalue weighted by atomic mass is 15.1. The Bertz CT molecular complexity index is 354. The van der Waals surface area contributed by atoms with Gasteiger partial charge in [-0.15, -0.1) is 0 Å². The van der Waals surface area contributed by atoms with Gasteiger partial charge in [-0.25, -0.2) is 0 Å². The van der Waals surface area contributed by atoms with Crippen molar-refractivity contribution in [3.8, 4) is 0 Å². The molecule has 0 amide bonds. The van der Waals surface area contributed by atoms with Crippen molar-refractivity contribution >= 4 is 0 Å². The summed E-state index contributed by atoms with van der Waals surface area (Å²) in [6.45, 7) is 8.00. The van der Waals surface area contributed by atoms with E-state index in [0.717, 1.165) is 19.6 Å². The zero-order chi connectivity index (χ0) is 13.3. The van der Waals surface area contributed by atoms with Crippen molar-refractivity contribution in [1.29, 1.82) is 0 Å². The van der Waals surface area contributed by atoms with Gasteiger partial charge in [-0.1, -0.05) is 44.0 Å². The molecule has 106 valence electrons. The first-order chi connectivity index (χ1) is 9.38. The van der Waals surface area contributed by atoms with E-state index in [1.165, 1.54) is 56.3 Å². The van der Waals surface area contributed by atoms with Gasteiger partial charge >= 0.3 is 0 Å². The van der Waals surface area contributed by atoms with Crippen LogP contribution in [0.25, 0.3) is 0 Å². The number of hydrogen-bond donors (Lipinski definition) is 1. The molecule has 1 aliphatic rings. The van der Waals surface area contributed by atoms with Crippen LogP contribution in [0.5, 0.6) is 0 Å². The van der Waals surface area contributed by atoms with Crippen molar-refractivity contribution in [3.05, 3.63) is 35.4 Å². The van der Waals surface area contributed by atoms with Crippen molar-refractivity contribution < 1.29 is 0 Å². The van der Waals surface area contributed by atoms with E-state index < -0.39 is 0 Å². The number of nitrogens with one attached hydrogen (secondary N) is 1. The lowest BCUT2D eigenvalue weighted by Crippen LogP contribution is -2.24. The van der Waals surface area contributed by atoms with E-state index in [1.807, 2.05) is 0 Å². The predicted octanol–water partition coefficient (Wildman–Crippen LogP) is 3.56. The lowest BCUT2D eigenvalue weighted by atomic mass is 10.1. The van der Waals surface area contributed by atoms with E-state index >= 15 is 0 Å². The standard InChI is InChI=1S/C17H28N2/c1-2-10-18-14-16-8-7-9-17(13-16)15-19-11-5-3-4-6-12-19/h7-9,13,18H,2-6,10-12,14-15H2,1H3. The summed E-state index contributed by atoms with van der Waals surface area (Å²) in [5.74, 6) is 0. The summed E-state index contributed by atoms with van der Waals surface area (Å²) < 4.78 is 0. The molecule has 0 saturated carbocycles. The molecule has 1 aromatic carbocycles. The van der Waals surface area contributed by atoms with Crippen LogP contribution in [0.1, 0.15) is 50.2 Å².